The van der Waals surface area contributed by atoms with Crippen LogP contribution < -0.4 is 5.43 Å². The van der Waals surface area contributed by atoms with E-state index in [1.165, 1.54) is 0 Å². The van der Waals surface area contributed by atoms with E-state index in [-0.39, 0.29) is 12.1 Å². The lowest BCUT2D eigenvalue weighted by atomic mass is 10.1. The largest absolute Gasteiger partial charge is 0.315 e. The molecular formula is C11H13N3O. The summed E-state index contributed by atoms with van der Waals surface area (Å²) in [5.41, 5.74) is 4.48. The number of hydrogen-bond donors (Lipinski definition) is 1. The van der Waals surface area contributed by atoms with Crippen LogP contribution in [-0.4, -0.2) is 23.6 Å². The summed E-state index contributed by atoms with van der Waals surface area (Å²) in [7, 11) is 1.77. The molecule has 0 saturated carbocycles. The Morgan fingerprint density at radius 2 is 2.00 bits per heavy atom. The zero-order valence-corrected chi connectivity index (χ0v) is 8.77. The van der Waals surface area contributed by atoms with E-state index in [2.05, 4.69) is 10.5 Å². The third-order valence-electron chi connectivity index (χ3n) is 2.49. The van der Waals surface area contributed by atoms with E-state index < -0.39 is 0 Å². The first kappa shape index (κ1) is 9.71. The van der Waals surface area contributed by atoms with Crippen LogP contribution in [0, 0.1) is 0 Å². The van der Waals surface area contributed by atoms with E-state index >= 15 is 0 Å². The molecule has 0 aliphatic carbocycles. The van der Waals surface area contributed by atoms with Crippen molar-refractivity contribution in [3.8, 4) is 0 Å². The Bertz CT molecular complexity index is 400. The molecule has 15 heavy (non-hydrogen) atoms. The lowest BCUT2D eigenvalue weighted by molar-refractivity contribution is -0.126. The molecule has 2 rings (SSSR count). The van der Waals surface area contributed by atoms with Gasteiger partial charge in [0.25, 0.3) is 5.91 Å². The molecule has 0 spiro atoms. The minimum absolute atomic E-state index is 0.0393. The van der Waals surface area contributed by atoms with Crippen LogP contribution in [-0.2, 0) is 4.79 Å². The van der Waals surface area contributed by atoms with Crippen LogP contribution in [0.3, 0.4) is 0 Å². The summed E-state index contributed by atoms with van der Waals surface area (Å²) in [6, 6.07) is 9.78. The van der Waals surface area contributed by atoms with Gasteiger partial charge < -0.3 is 4.90 Å². The highest BCUT2D eigenvalue weighted by Crippen LogP contribution is 2.18. The molecule has 0 bridgehead atoms. The summed E-state index contributed by atoms with van der Waals surface area (Å²) < 4.78 is 0. The second kappa shape index (κ2) is 3.73. The predicted octanol–water partition coefficient (Wildman–Crippen LogP) is 1.12. The van der Waals surface area contributed by atoms with E-state index in [9.17, 15) is 4.79 Å². The number of benzene rings is 1. The van der Waals surface area contributed by atoms with Crippen LogP contribution >= 0.6 is 0 Å². The fraction of sp³-hybridized carbons (Fsp3) is 0.273. The van der Waals surface area contributed by atoms with E-state index in [4.69, 9.17) is 0 Å². The number of nitrogens with zero attached hydrogens (tertiary/aromatic N) is 2. The van der Waals surface area contributed by atoms with Crippen molar-refractivity contribution in [1.29, 1.82) is 0 Å². The smallest absolute Gasteiger partial charge is 0.271 e. The lowest BCUT2D eigenvalue weighted by Crippen LogP contribution is -2.45. The Morgan fingerprint density at radius 3 is 2.67 bits per heavy atom. The second-order valence-electron chi connectivity index (χ2n) is 3.56. The molecule has 0 aromatic heterocycles. The van der Waals surface area contributed by atoms with Crippen LogP contribution in [0.5, 0.6) is 0 Å². The monoisotopic (exact) mass is 203 g/mol. The van der Waals surface area contributed by atoms with E-state index in [1.54, 1.807) is 18.9 Å². The molecule has 78 valence electrons. The van der Waals surface area contributed by atoms with Gasteiger partial charge in [-0.3, -0.25) is 10.2 Å². The molecule has 4 heteroatoms. The number of hydrazone groups is 1. The maximum absolute atomic E-state index is 11.7. The summed E-state index contributed by atoms with van der Waals surface area (Å²) in [6.45, 7) is 1.70. The fourth-order valence-electron chi connectivity index (χ4n) is 1.60. The maximum Gasteiger partial charge on any atom is 0.271 e. The van der Waals surface area contributed by atoms with Crippen molar-refractivity contribution in [3.05, 3.63) is 35.9 Å². The van der Waals surface area contributed by atoms with Gasteiger partial charge in [0.05, 0.1) is 0 Å². The van der Waals surface area contributed by atoms with Crippen LogP contribution in [0.2, 0.25) is 0 Å². The van der Waals surface area contributed by atoms with E-state index in [0.717, 1.165) is 5.56 Å². The SMILES string of the molecule is CC1=NNC(c2ccccc2)N(C)C1=O. The Hall–Kier alpha value is -1.84. The predicted molar refractivity (Wildman–Crippen MR) is 58.2 cm³/mol. The summed E-state index contributed by atoms with van der Waals surface area (Å²) in [6.07, 6.45) is -0.164. The molecule has 1 atom stereocenters. The van der Waals surface area contributed by atoms with Crippen LogP contribution in [0.4, 0.5) is 0 Å². The summed E-state index contributed by atoms with van der Waals surface area (Å²) >= 11 is 0. The molecule has 1 N–H and O–H groups in total. The van der Waals surface area contributed by atoms with Crippen molar-refractivity contribution in [2.45, 2.75) is 13.1 Å². The van der Waals surface area contributed by atoms with Gasteiger partial charge >= 0.3 is 0 Å². The average molecular weight is 203 g/mol. The molecule has 1 amide bonds. The topological polar surface area (TPSA) is 44.7 Å². The maximum atomic E-state index is 11.7. The number of amides is 1. The quantitative estimate of drug-likeness (QED) is 0.743. The van der Waals surface area contributed by atoms with Crippen molar-refractivity contribution >= 4 is 11.6 Å². The van der Waals surface area contributed by atoms with Crippen LogP contribution in [0.25, 0.3) is 0 Å². The first-order chi connectivity index (χ1) is 7.20. The molecule has 0 radical (unpaired) electrons. The highest BCUT2D eigenvalue weighted by Gasteiger charge is 2.26. The molecular weight excluding hydrogens is 190 g/mol. The molecule has 0 saturated heterocycles. The minimum atomic E-state index is -0.164. The van der Waals surface area contributed by atoms with Gasteiger partial charge in [0.1, 0.15) is 11.9 Å². The van der Waals surface area contributed by atoms with Gasteiger partial charge in [-0.25, -0.2) is 0 Å². The van der Waals surface area contributed by atoms with Gasteiger partial charge in [-0.2, -0.15) is 5.10 Å². The summed E-state index contributed by atoms with van der Waals surface area (Å²) in [5, 5.41) is 3.99. The van der Waals surface area contributed by atoms with Crippen molar-refractivity contribution in [1.82, 2.24) is 10.3 Å². The van der Waals surface area contributed by atoms with Crippen LogP contribution in [0.1, 0.15) is 18.7 Å². The van der Waals surface area contributed by atoms with Gasteiger partial charge in [-0.05, 0) is 12.5 Å². The number of rotatable bonds is 1. The third kappa shape index (κ3) is 1.70. The third-order valence-corrected chi connectivity index (χ3v) is 2.49. The highest BCUT2D eigenvalue weighted by atomic mass is 16.2. The summed E-state index contributed by atoms with van der Waals surface area (Å²) in [5.74, 6) is -0.0393. The number of carbonyl (C=O) groups is 1. The Kier molecular flexibility index (Phi) is 2.41. The Balaban J connectivity index is 2.30. The van der Waals surface area contributed by atoms with Gasteiger partial charge in [0, 0.05) is 7.05 Å². The zero-order valence-electron chi connectivity index (χ0n) is 8.77. The molecule has 0 fully saturated rings. The van der Waals surface area contributed by atoms with Crippen LogP contribution in [0.15, 0.2) is 35.4 Å². The van der Waals surface area contributed by atoms with E-state index in [1.807, 2.05) is 30.3 Å². The molecule has 1 aromatic rings. The lowest BCUT2D eigenvalue weighted by Gasteiger charge is -2.31. The van der Waals surface area contributed by atoms with Crippen molar-refractivity contribution in [3.63, 3.8) is 0 Å². The standard InChI is InChI=1S/C11H13N3O/c1-8-11(15)14(2)10(13-12-8)9-6-4-3-5-7-9/h3-7,10,13H,1-2H3. The molecule has 4 nitrogen and oxygen atoms in total. The first-order valence-electron chi connectivity index (χ1n) is 4.82. The molecule has 1 aliphatic rings. The van der Waals surface area contributed by atoms with Gasteiger partial charge in [0.2, 0.25) is 0 Å². The van der Waals surface area contributed by atoms with Crippen molar-refractivity contribution in [2.24, 2.45) is 5.10 Å². The van der Waals surface area contributed by atoms with Gasteiger partial charge in [0.15, 0.2) is 0 Å². The first-order valence-corrected chi connectivity index (χ1v) is 4.82. The highest BCUT2D eigenvalue weighted by molar-refractivity contribution is 6.38. The molecule has 1 heterocycles. The minimum Gasteiger partial charge on any atom is -0.315 e. The molecule has 1 aromatic carbocycles. The van der Waals surface area contributed by atoms with Crippen molar-refractivity contribution < 1.29 is 4.79 Å². The van der Waals surface area contributed by atoms with Gasteiger partial charge in [-0.15, -0.1) is 0 Å². The number of hydrogen-bond acceptors (Lipinski definition) is 3. The van der Waals surface area contributed by atoms with E-state index in [0.29, 0.717) is 5.71 Å². The Morgan fingerprint density at radius 1 is 1.33 bits per heavy atom. The number of nitrogens with one attached hydrogen (secondary N) is 1. The normalized spacial score (nSPS) is 20.9. The zero-order chi connectivity index (χ0) is 10.8. The van der Waals surface area contributed by atoms with Crippen molar-refractivity contribution in [2.75, 3.05) is 7.05 Å². The second-order valence-corrected chi connectivity index (χ2v) is 3.56. The Labute approximate surface area is 88.6 Å². The van der Waals surface area contributed by atoms with Gasteiger partial charge in [-0.1, -0.05) is 30.3 Å². The number of carbonyl (C=O) groups excluding carboxylic acids is 1. The fourth-order valence-corrected chi connectivity index (χ4v) is 1.60. The molecule has 1 aliphatic heterocycles. The average Bonchev–Trinajstić information content (AvgIpc) is 2.27. The summed E-state index contributed by atoms with van der Waals surface area (Å²) in [4.78, 5) is 13.3. The molecule has 1 unspecified atom stereocenters.